The average Bonchev–Trinajstić information content (AvgIpc) is 2.32. The van der Waals surface area contributed by atoms with Crippen LogP contribution in [0.3, 0.4) is 0 Å². The summed E-state index contributed by atoms with van der Waals surface area (Å²) in [6, 6.07) is 0. The van der Waals surface area contributed by atoms with E-state index in [9.17, 15) is 4.79 Å². The predicted octanol–water partition coefficient (Wildman–Crippen LogP) is 2.84. The first-order valence-corrected chi connectivity index (χ1v) is 5.23. The number of aromatic nitrogens is 1. The van der Waals surface area contributed by atoms with E-state index in [1.807, 2.05) is 13.8 Å². The molecular formula is C12H19NO2. The third kappa shape index (κ3) is 3.50. The van der Waals surface area contributed by atoms with Gasteiger partial charge in [-0.2, -0.15) is 0 Å². The van der Waals surface area contributed by atoms with Crippen molar-refractivity contribution in [3.8, 4) is 0 Å². The highest BCUT2D eigenvalue weighted by Gasteiger charge is 2.19. The summed E-state index contributed by atoms with van der Waals surface area (Å²) in [5.74, 6) is 1.01. The van der Waals surface area contributed by atoms with E-state index in [4.69, 9.17) is 4.52 Å². The van der Waals surface area contributed by atoms with E-state index in [1.54, 1.807) is 0 Å². The normalized spacial score (nSPS) is 11.8. The smallest absolute Gasteiger partial charge is 0.137 e. The molecule has 0 aromatic carbocycles. The molecule has 0 amide bonds. The van der Waals surface area contributed by atoms with E-state index in [2.05, 4.69) is 25.9 Å². The number of hydrogen-bond acceptors (Lipinski definition) is 3. The average molecular weight is 209 g/mol. The second kappa shape index (κ2) is 4.17. The molecule has 1 aromatic rings. The molecule has 0 aliphatic rings. The van der Waals surface area contributed by atoms with Crippen molar-refractivity contribution in [2.75, 3.05) is 0 Å². The minimum atomic E-state index is 0.0516. The Kier molecular flexibility index (Phi) is 3.32. The van der Waals surface area contributed by atoms with Crippen molar-refractivity contribution in [3.05, 3.63) is 17.0 Å². The molecule has 0 atom stereocenters. The lowest BCUT2D eigenvalue weighted by Gasteiger charge is -2.16. The third-order valence-electron chi connectivity index (χ3n) is 2.28. The molecule has 0 saturated heterocycles. The van der Waals surface area contributed by atoms with Gasteiger partial charge in [-0.05, 0) is 19.3 Å². The van der Waals surface area contributed by atoms with Crippen molar-refractivity contribution >= 4 is 5.78 Å². The van der Waals surface area contributed by atoms with Crippen molar-refractivity contribution in [3.63, 3.8) is 0 Å². The third-order valence-corrected chi connectivity index (χ3v) is 2.28. The molecule has 0 aliphatic carbocycles. The molecule has 15 heavy (non-hydrogen) atoms. The van der Waals surface area contributed by atoms with Crippen LogP contribution in [0.4, 0.5) is 0 Å². The van der Waals surface area contributed by atoms with Crippen molar-refractivity contribution in [2.24, 2.45) is 5.41 Å². The van der Waals surface area contributed by atoms with Gasteiger partial charge in [-0.15, -0.1) is 0 Å². The van der Waals surface area contributed by atoms with Crippen LogP contribution in [0, 0.1) is 19.3 Å². The SMILES string of the molecule is Cc1noc(C)c1CC(=O)CC(C)(C)C. The summed E-state index contributed by atoms with van der Waals surface area (Å²) < 4.78 is 5.02. The van der Waals surface area contributed by atoms with Crippen LogP contribution in [0.15, 0.2) is 4.52 Å². The van der Waals surface area contributed by atoms with E-state index >= 15 is 0 Å². The Labute approximate surface area is 90.8 Å². The Bertz CT molecular complexity index is 339. The molecule has 0 saturated carbocycles. The van der Waals surface area contributed by atoms with Crippen LogP contribution in [0.5, 0.6) is 0 Å². The Hall–Kier alpha value is -1.12. The van der Waals surface area contributed by atoms with Gasteiger partial charge in [0.15, 0.2) is 0 Å². The van der Waals surface area contributed by atoms with Gasteiger partial charge in [-0.25, -0.2) is 0 Å². The summed E-state index contributed by atoms with van der Waals surface area (Å²) in [5.41, 5.74) is 1.83. The number of hydrogen-bond donors (Lipinski definition) is 0. The Morgan fingerprint density at radius 3 is 2.33 bits per heavy atom. The van der Waals surface area contributed by atoms with Gasteiger partial charge >= 0.3 is 0 Å². The molecule has 0 aliphatic heterocycles. The molecule has 0 spiro atoms. The topological polar surface area (TPSA) is 43.1 Å². The molecule has 0 bridgehead atoms. The maximum atomic E-state index is 11.8. The largest absolute Gasteiger partial charge is 0.361 e. The van der Waals surface area contributed by atoms with Crippen LogP contribution in [0.1, 0.15) is 44.2 Å². The van der Waals surface area contributed by atoms with Crippen LogP contribution >= 0.6 is 0 Å². The predicted molar refractivity (Wildman–Crippen MR) is 58.8 cm³/mol. The zero-order valence-electron chi connectivity index (χ0n) is 10.2. The first-order valence-electron chi connectivity index (χ1n) is 5.23. The van der Waals surface area contributed by atoms with Crippen molar-refractivity contribution < 1.29 is 9.32 Å². The molecule has 0 radical (unpaired) electrons. The van der Waals surface area contributed by atoms with Gasteiger partial charge in [0.25, 0.3) is 0 Å². The van der Waals surface area contributed by atoms with Gasteiger partial charge in [0.1, 0.15) is 11.5 Å². The number of ketones is 1. The fraction of sp³-hybridized carbons (Fsp3) is 0.667. The Balaban J connectivity index is 2.67. The molecule has 1 rings (SSSR count). The van der Waals surface area contributed by atoms with Crippen molar-refractivity contribution in [2.45, 2.75) is 47.5 Å². The zero-order chi connectivity index (χ0) is 11.6. The minimum Gasteiger partial charge on any atom is -0.361 e. The summed E-state index contributed by atoms with van der Waals surface area (Å²) in [6.45, 7) is 9.92. The van der Waals surface area contributed by atoms with E-state index < -0.39 is 0 Å². The number of carbonyl (C=O) groups is 1. The highest BCUT2D eigenvalue weighted by Crippen LogP contribution is 2.21. The van der Waals surface area contributed by atoms with Gasteiger partial charge in [-0.1, -0.05) is 25.9 Å². The number of carbonyl (C=O) groups excluding carboxylic acids is 1. The Morgan fingerprint density at radius 2 is 1.93 bits per heavy atom. The van der Waals surface area contributed by atoms with E-state index in [1.165, 1.54) is 0 Å². The fourth-order valence-electron chi connectivity index (χ4n) is 1.61. The van der Waals surface area contributed by atoms with E-state index in [0.717, 1.165) is 17.0 Å². The van der Waals surface area contributed by atoms with Gasteiger partial charge in [0.05, 0.1) is 5.69 Å². The highest BCUT2D eigenvalue weighted by molar-refractivity contribution is 5.81. The lowest BCUT2D eigenvalue weighted by molar-refractivity contribution is -0.120. The fourth-order valence-corrected chi connectivity index (χ4v) is 1.61. The Morgan fingerprint density at radius 1 is 1.33 bits per heavy atom. The van der Waals surface area contributed by atoms with Gasteiger partial charge in [0, 0.05) is 18.4 Å². The second-order valence-electron chi connectivity index (χ2n) is 5.26. The minimum absolute atomic E-state index is 0.0516. The van der Waals surface area contributed by atoms with Crippen LogP contribution in [-0.2, 0) is 11.2 Å². The molecule has 0 fully saturated rings. The molecule has 3 nitrogen and oxygen atoms in total. The van der Waals surface area contributed by atoms with E-state index in [0.29, 0.717) is 12.8 Å². The lowest BCUT2D eigenvalue weighted by Crippen LogP contribution is -2.15. The van der Waals surface area contributed by atoms with Crippen molar-refractivity contribution in [1.29, 1.82) is 0 Å². The molecule has 1 heterocycles. The number of rotatable bonds is 3. The quantitative estimate of drug-likeness (QED) is 0.768. The zero-order valence-corrected chi connectivity index (χ0v) is 10.2. The first kappa shape index (κ1) is 12.0. The highest BCUT2D eigenvalue weighted by atomic mass is 16.5. The lowest BCUT2D eigenvalue weighted by atomic mass is 9.88. The molecule has 1 aromatic heterocycles. The van der Waals surface area contributed by atoms with Gasteiger partial charge in [0.2, 0.25) is 0 Å². The van der Waals surface area contributed by atoms with E-state index in [-0.39, 0.29) is 11.2 Å². The summed E-state index contributed by atoms with van der Waals surface area (Å²) in [7, 11) is 0. The van der Waals surface area contributed by atoms with Crippen LogP contribution < -0.4 is 0 Å². The van der Waals surface area contributed by atoms with Crippen LogP contribution in [0.2, 0.25) is 0 Å². The summed E-state index contributed by atoms with van der Waals surface area (Å²) in [4.78, 5) is 11.8. The van der Waals surface area contributed by atoms with Crippen molar-refractivity contribution in [1.82, 2.24) is 5.16 Å². The number of Topliss-reactive ketones (excluding diaryl/α,β-unsaturated/α-hetero) is 1. The number of nitrogens with zero attached hydrogens (tertiary/aromatic N) is 1. The van der Waals surface area contributed by atoms with Crippen LogP contribution in [0.25, 0.3) is 0 Å². The van der Waals surface area contributed by atoms with Gasteiger partial charge < -0.3 is 4.52 Å². The molecular weight excluding hydrogens is 190 g/mol. The molecule has 0 N–H and O–H groups in total. The monoisotopic (exact) mass is 209 g/mol. The number of aryl methyl sites for hydroxylation is 2. The summed E-state index contributed by atoms with van der Waals surface area (Å²) in [6.07, 6.45) is 1.04. The molecule has 0 unspecified atom stereocenters. The molecule has 3 heteroatoms. The van der Waals surface area contributed by atoms with Crippen LogP contribution in [-0.4, -0.2) is 10.9 Å². The molecule has 84 valence electrons. The summed E-state index contributed by atoms with van der Waals surface area (Å²) >= 11 is 0. The maximum absolute atomic E-state index is 11.8. The first-order chi connectivity index (χ1) is 6.79. The standard InChI is InChI=1S/C12H19NO2/c1-8-11(9(2)15-13-8)6-10(14)7-12(3,4)5/h6-7H2,1-5H3. The van der Waals surface area contributed by atoms with Gasteiger partial charge in [-0.3, -0.25) is 4.79 Å². The maximum Gasteiger partial charge on any atom is 0.137 e. The second-order valence-corrected chi connectivity index (χ2v) is 5.26. The summed E-state index contributed by atoms with van der Waals surface area (Å²) in [5, 5.41) is 3.84.